The Hall–Kier alpha value is -1.84. The fraction of sp³-hybridized carbons (Fsp3) is 0.619. The van der Waals surface area contributed by atoms with Crippen LogP contribution in [0.2, 0.25) is 0 Å². The molecule has 0 amide bonds. The van der Waals surface area contributed by atoms with Gasteiger partial charge in [-0.1, -0.05) is 23.3 Å². The number of esters is 2. The molecule has 2 bridgehead atoms. The van der Waals surface area contributed by atoms with Gasteiger partial charge in [-0.05, 0) is 57.8 Å². The Bertz CT molecular complexity index is 512. The van der Waals surface area contributed by atoms with Gasteiger partial charge in [-0.3, -0.25) is 9.59 Å². The van der Waals surface area contributed by atoms with Crippen molar-refractivity contribution in [1.29, 1.82) is 0 Å². The molecular formula is C21H30O4. The van der Waals surface area contributed by atoms with Crippen molar-refractivity contribution in [1.82, 2.24) is 0 Å². The summed E-state index contributed by atoms with van der Waals surface area (Å²) in [6, 6.07) is 0. The van der Waals surface area contributed by atoms with E-state index in [1.807, 2.05) is 13.8 Å². The normalized spacial score (nSPS) is 26.5. The Kier molecular flexibility index (Phi) is 7.03. The Morgan fingerprint density at radius 1 is 0.880 bits per heavy atom. The van der Waals surface area contributed by atoms with Gasteiger partial charge in [0.25, 0.3) is 0 Å². The van der Waals surface area contributed by atoms with Crippen LogP contribution in [0.4, 0.5) is 0 Å². The molecule has 2 rings (SSSR count). The van der Waals surface area contributed by atoms with E-state index in [0.717, 1.165) is 43.3 Å². The van der Waals surface area contributed by atoms with E-state index >= 15 is 0 Å². The third-order valence-electron chi connectivity index (χ3n) is 4.99. The van der Waals surface area contributed by atoms with Crippen molar-refractivity contribution in [3.63, 3.8) is 0 Å². The van der Waals surface area contributed by atoms with E-state index in [0.29, 0.717) is 13.2 Å². The SMILES string of the molecule is C=C(C)CCCOC(=O)C1C2C=CC(C2)C1C(=O)OCCCC(=C)C. The smallest absolute Gasteiger partial charge is 0.310 e. The van der Waals surface area contributed by atoms with E-state index in [2.05, 4.69) is 25.3 Å². The standard InChI is InChI=1S/C21H30O4/c1-14(2)7-5-11-24-20(22)18-16-9-10-17(13-16)19(18)21(23)25-12-6-8-15(3)4/h9-10,16-19H,1,3,5-8,11-13H2,2,4H3. The number of carbonyl (C=O) groups is 2. The highest BCUT2D eigenvalue weighted by Crippen LogP contribution is 2.49. The average molecular weight is 346 g/mol. The van der Waals surface area contributed by atoms with Crippen molar-refractivity contribution in [3.05, 3.63) is 36.5 Å². The lowest BCUT2D eigenvalue weighted by atomic mass is 9.83. The molecule has 4 unspecified atom stereocenters. The van der Waals surface area contributed by atoms with E-state index in [1.165, 1.54) is 0 Å². The molecular weight excluding hydrogens is 316 g/mol. The highest BCUT2D eigenvalue weighted by Gasteiger charge is 2.53. The van der Waals surface area contributed by atoms with Gasteiger partial charge in [-0.15, -0.1) is 13.2 Å². The first-order valence-corrected chi connectivity index (χ1v) is 9.20. The van der Waals surface area contributed by atoms with Crippen molar-refractivity contribution in [3.8, 4) is 0 Å². The summed E-state index contributed by atoms with van der Waals surface area (Å²) in [6.45, 7) is 12.4. The minimum atomic E-state index is -0.395. The third-order valence-corrected chi connectivity index (χ3v) is 4.99. The highest BCUT2D eigenvalue weighted by atomic mass is 16.5. The van der Waals surface area contributed by atoms with Crippen LogP contribution in [0.1, 0.15) is 46.0 Å². The second-order valence-corrected chi connectivity index (χ2v) is 7.46. The van der Waals surface area contributed by atoms with Gasteiger partial charge in [0.1, 0.15) is 0 Å². The summed E-state index contributed by atoms with van der Waals surface area (Å²) in [7, 11) is 0. The first-order chi connectivity index (χ1) is 11.9. The van der Waals surface area contributed by atoms with Crippen LogP contribution in [0.3, 0.4) is 0 Å². The van der Waals surface area contributed by atoms with Crippen LogP contribution in [0.15, 0.2) is 36.5 Å². The fourth-order valence-electron chi connectivity index (χ4n) is 3.75. The molecule has 0 saturated heterocycles. The fourth-order valence-corrected chi connectivity index (χ4v) is 3.75. The van der Waals surface area contributed by atoms with E-state index in [-0.39, 0.29) is 23.8 Å². The summed E-state index contributed by atoms with van der Waals surface area (Å²) in [5, 5.41) is 0. The van der Waals surface area contributed by atoms with Gasteiger partial charge >= 0.3 is 11.9 Å². The summed E-state index contributed by atoms with van der Waals surface area (Å²) in [5.41, 5.74) is 2.16. The zero-order valence-corrected chi connectivity index (χ0v) is 15.5. The second-order valence-electron chi connectivity index (χ2n) is 7.46. The van der Waals surface area contributed by atoms with E-state index in [9.17, 15) is 9.59 Å². The molecule has 4 atom stereocenters. The van der Waals surface area contributed by atoms with Gasteiger partial charge in [0.05, 0.1) is 25.0 Å². The molecule has 138 valence electrons. The number of hydrogen-bond acceptors (Lipinski definition) is 4. The molecule has 2 aliphatic rings. The Morgan fingerprint density at radius 3 is 1.64 bits per heavy atom. The van der Waals surface area contributed by atoms with Gasteiger partial charge in [-0.2, -0.15) is 0 Å². The molecule has 1 fully saturated rings. The Labute approximate surface area is 151 Å². The number of carbonyl (C=O) groups excluding carboxylic acids is 2. The van der Waals surface area contributed by atoms with E-state index in [4.69, 9.17) is 9.47 Å². The van der Waals surface area contributed by atoms with Gasteiger partial charge in [0.2, 0.25) is 0 Å². The maximum absolute atomic E-state index is 12.5. The average Bonchev–Trinajstić information content (AvgIpc) is 3.15. The van der Waals surface area contributed by atoms with Crippen molar-refractivity contribution in [2.24, 2.45) is 23.7 Å². The molecule has 0 radical (unpaired) electrons. The molecule has 0 aromatic rings. The molecule has 4 heteroatoms. The first-order valence-electron chi connectivity index (χ1n) is 9.20. The van der Waals surface area contributed by atoms with Crippen LogP contribution in [-0.4, -0.2) is 25.2 Å². The molecule has 0 aromatic heterocycles. The molecule has 0 N–H and O–H groups in total. The van der Waals surface area contributed by atoms with Crippen molar-refractivity contribution in [2.75, 3.05) is 13.2 Å². The largest absolute Gasteiger partial charge is 0.465 e. The predicted molar refractivity (Wildman–Crippen MR) is 97.7 cm³/mol. The molecule has 0 spiro atoms. The summed E-state index contributed by atoms with van der Waals surface area (Å²) in [6.07, 6.45) is 8.18. The molecule has 0 heterocycles. The summed E-state index contributed by atoms with van der Waals surface area (Å²) < 4.78 is 10.9. The lowest BCUT2D eigenvalue weighted by molar-refractivity contribution is -0.161. The van der Waals surface area contributed by atoms with E-state index < -0.39 is 11.8 Å². The van der Waals surface area contributed by atoms with Crippen molar-refractivity contribution < 1.29 is 19.1 Å². The van der Waals surface area contributed by atoms with Gasteiger partial charge < -0.3 is 9.47 Å². The van der Waals surface area contributed by atoms with Crippen LogP contribution < -0.4 is 0 Å². The molecule has 0 aromatic carbocycles. The number of fused-ring (bicyclic) bond motifs is 2. The topological polar surface area (TPSA) is 52.6 Å². The second kappa shape index (κ2) is 9.02. The number of rotatable bonds is 10. The molecule has 4 nitrogen and oxygen atoms in total. The van der Waals surface area contributed by atoms with E-state index in [1.54, 1.807) is 0 Å². The van der Waals surface area contributed by atoms with Crippen LogP contribution >= 0.6 is 0 Å². The third kappa shape index (κ3) is 5.32. The molecule has 1 saturated carbocycles. The predicted octanol–water partition coefficient (Wildman–Crippen LogP) is 4.22. The van der Waals surface area contributed by atoms with Gasteiger partial charge in [0.15, 0.2) is 0 Å². The number of allylic oxidation sites excluding steroid dienone is 4. The monoisotopic (exact) mass is 346 g/mol. The van der Waals surface area contributed by atoms with Crippen LogP contribution in [0.25, 0.3) is 0 Å². The van der Waals surface area contributed by atoms with Crippen LogP contribution in [0, 0.1) is 23.7 Å². The van der Waals surface area contributed by atoms with Crippen LogP contribution in [0.5, 0.6) is 0 Å². The summed E-state index contributed by atoms with van der Waals surface area (Å²) >= 11 is 0. The van der Waals surface area contributed by atoms with Crippen molar-refractivity contribution >= 4 is 11.9 Å². The Balaban J connectivity index is 1.86. The minimum absolute atomic E-state index is 0.103. The zero-order valence-electron chi connectivity index (χ0n) is 15.5. The zero-order chi connectivity index (χ0) is 18.4. The number of ether oxygens (including phenoxy) is 2. The highest BCUT2D eigenvalue weighted by molar-refractivity contribution is 5.84. The summed E-state index contributed by atoms with van der Waals surface area (Å²) in [4.78, 5) is 25.0. The molecule has 2 aliphatic carbocycles. The quantitative estimate of drug-likeness (QED) is 0.337. The Morgan fingerprint density at radius 2 is 1.28 bits per heavy atom. The first kappa shape index (κ1) is 19.5. The van der Waals surface area contributed by atoms with Gasteiger partial charge in [-0.25, -0.2) is 0 Å². The minimum Gasteiger partial charge on any atom is -0.465 e. The number of hydrogen-bond donors (Lipinski definition) is 0. The molecule has 0 aliphatic heterocycles. The maximum Gasteiger partial charge on any atom is 0.310 e. The van der Waals surface area contributed by atoms with Crippen molar-refractivity contribution in [2.45, 2.75) is 46.0 Å². The maximum atomic E-state index is 12.5. The lowest BCUT2D eigenvalue weighted by Gasteiger charge is -2.25. The lowest BCUT2D eigenvalue weighted by Crippen LogP contribution is -2.35. The molecule has 25 heavy (non-hydrogen) atoms. The van der Waals surface area contributed by atoms with Crippen LogP contribution in [-0.2, 0) is 19.1 Å². The summed E-state index contributed by atoms with van der Waals surface area (Å²) in [5.74, 6) is -1.11. The van der Waals surface area contributed by atoms with Gasteiger partial charge in [0, 0.05) is 0 Å².